The van der Waals surface area contributed by atoms with E-state index in [9.17, 15) is 19.6 Å². The zero-order chi connectivity index (χ0) is 34.1. The van der Waals surface area contributed by atoms with E-state index in [0.717, 1.165) is 27.8 Å². The van der Waals surface area contributed by atoms with E-state index in [-0.39, 0.29) is 24.1 Å². The van der Waals surface area contributed by atoms with Crippen molar-refractivity contribution >= 4 is 17.7 Å². The summed E-state index contributed by atoms with van der Waals surface area (Å²) in [5.41, 5.74) is 10.5. The van der Waals surface area contributed by atoms with Crippen LogP contribution in [0.25, 0.3) is 11.1 Å². The summed E-state index contributed by atoms with van der Waals surface area (Å²) < 4.78 is 0. The van der Waals surface area contributed by atoms with Crippen LogP contribution in [-0.2, 0) is 27.2 Å². The number of benzene rings is 3. The van der Waals surface area contributed by atoms with E-state index in [0.29, 0.717) is 39.0 Å². The highest BCUT2D eigenvalue weighted by Gasteiger charge is 2.37. The van der Waals surface area contributed by atoms with E-state index < -0.39 is 17.6 Å². The number of carbonyl (C=O) groups excluding carboxylic acids is 3. The summed E-state index contributed by atoms with van der Waals surface area (Å²) in [6, 6.07) is 26.0. The molecule has 1 aliphatic heterocycles. The Morgan fingerprint density at radius 3 is 1.87 bits per heavy atom. The van der Waals surface area contributed by atoms with E-state index in [1.165, 1.54) is 14.9 Å². The molecule has 9 heteroatoms. The zero-order valence-electron chi connectivity index (χ0n) is 28.3. The van der Waals surface area contributed by atoms with Gasteiger partial charge in [0, 0.05) is 64.7 Å². The molecule has 0 radical (unpaired) electrons. The molecule has 0 saturated carbocycles. The second-order valence-corrected chi connectivity index (χ2v) is 13.3. The first-order chi connectivity index (χ1) is 22.3. The van der Waals surface area contributed by atoms with Crippen LogP contribution in [0.15, 0.2) is 96.6 Å². The number of piperazine rings is 1. The summed E-state index contributed by atoms with van der Waals surface area (Å²) in [4.78, 5) is 46.9. The molecule has 2 atom stereocenters. The third kappa shape index (κ3) is 10.1. The Hall–Kier alpha value is -4.31. The van der Waals surface area contributed by atoms with Gasteiger partial charge in [0.1, 0.15) is 12.1 Å². The number of rotatable bonds is 12. The summed E-state index contributed by atoms with van der Waals surface area (Å²) in [5, 5.41) is 11.1. The molecule has 1 heterocycles. The van der Waals surface area contributed by atoms with Gasteiger partial charge in [-0.2, -0.15) is 5.06 Å². The average molecular weight is 640 g/mol. The summed E-state index contributed by atoms with van der Waals surface area (Å²) in [5.74, 6) is -0.809. The first-order valence-corrected chi connectivity index (χ1v) is 16.2. The van der Waals surface area contributed by atoms with Gasteiger partial charge in [-0.25, -0.2) is 0 Å². The lowest BCUT2D eigenvalue weighted by atomic mass is 9.96. The van der Waals surface area contributed by atoms with Gasteiger partial charge in [-0.15, -0.1) is 0 Å². The maximum atomic E-state index is 14.5. The first-order valence-electron chi connectivity index (χ1n) is 16.2. The highest BCUT2D eigenvalue weighted by atomic mass is 16.5. The van der Waals surface area contributed by atoms with Crippen molar-refractivity contribution in [3.63, 3.8) is 0 Å². The maximum absolute atomic E-state index is 14.5. The van der Waals surface area contributed by atoms with Gasteiger partial charge >= 0.3 is 0 Å². The second-order valence-electron chi connectivity index (χ2n) is 13.3. The predicted octanol–water partition coefficient (Wildman–Crippen LogP) is 4.40. The maximum Gasteiger partial charge on any atom is 0.246 e. The molecule has 1 saturated heterocycles. The monoisotopic (exact) mass is 639 g/mol. The SMILES string of the molecule is C/C(=C\C(=O)N(C)[C@H](Cc1ccc(-c2ccccc2)cc1)C(=O)N(C)[C@H](Cc1ccccc1)C(=O)N1CCN(O)CC1)CC(C)(C)N. The van der Waals surface area contributed by atoms with E-state index >= 15 is 0 Å². The summed E-state index contributed by atoms with van der Waals surface area (Å²) in [6.07, 6.45) is 2.67. The Morgan fingerprint density at radius 2 is 1.30 bits per heavy atom. The van der Waals surface area contributed by atoms with Crippen LogP contribution < -0.4 is 5.73 Å². The van der Waals surface area contributed by atoms with Crippen LogP contribution in [0.2, 0.25) is 0 Å². The number of nitrogens with two attached hydrogens (primary N) is 1. The van der Waals surface area contributed by atoms with E-state index in [4.69, 9.17) is 5.73 Å². The number of amides is 3. The molecule has 0 unspecified atom stereocenters. The van der Waals surface area contributed by atoms with Gasteiger partial charge in [-0.3, -0.25) is 14.4 Å². The fraction of sp³-hybridized carbons (Fsp3) is 0.395. The Labute approximate surface area is 279 Å². The standard InChI is InChI=1S/C38H49N5O4/c1-28(27-38(2,3)39)24-35(44)40(4)33(26-30-16-18-32(19-17-30)31-14-10-7-11-15-31)36(45)41(5)34(25-29-12-8-6-9-13-29)37(46)42-20-22-43(47)23-21-42/h6-19,24,33-34,47H,20-23,25-27,39H2,1-5H3/b28-24+/t33-,34-/m1/s1. The van der Waals surface area contributed by atoms with E-state index in [1.807, 2.05) is 106 Å². The largest absolute Gasteiger partial charge is 0.338 e. The van der Waals surface area contributed by atoms with Crippen molar-refractivity contribution in [2.24, 2.45) is 5.73 Å². The molecule has 3 aromatic carbocycles. The average Bonchev–Trinajstić information content (AvgIpc) is 3.05. The van der Waals surface area contributed by atoms with Crippen molar-refractivity contribution in [2.45, 2.75) is 57.7 Å². The van der Waals surface area contributed by atoms with Gasteiger partial charge in [0.25, 0.3) is 0 Å². The van der Waals surface area contributed by atoms with Crippen molar-refractivity contribution < 1.29 is 19.6 Å². The Balaban J connectivity index is 1.65. The normalized spacial score (nSPS) is 15.6. The lowest BCUT2D eigenvalue weighted by Gasteiger charge is -2.38. The fourth-order valence-corrected chi connectivity index (χ4v) is 6.06. The zero-order valence-corrected chi connectivity index (χ0v) is 28.3. The minimum absolute atomic E-state index is 0.182. The number of carbonyl (C=O) groups is 3. The highest BCUT2D eigenvalue weighted by molar-refractivity contribution is 5.95. The van der Waals surface area contributed by atoms with Crippen molar-refractivity contribution in [3.8, 4) is 11.1 Å². The van der Waals surface area contributed by atoms with Gasteiger partial charge in [0.05, 0.1) is 0 Å². The van der Waals surface area contributed by atoms with Gasteiger partial charge in [0.2, 0.25) is 17.7 Å². The highest BCUT2D eigenvalue weighted by Crippen LogP contribution is 2.22. The third-order valence-electron chi connectivity index (χ3n) is 8.63. The second kappa shape index (κ2) is 16.0. The van der Waals surface area contributed by atoms with Crippen LogP contribution in [0.3, 0.4) is 0 Å². The third-order valence-corrected chi connectivity index (χ3v) is 8.63. The predicted molar refractivity (Wildman–Crippen MR) is 185 cm³/mol. The molecule has 9 nitrogen and oxygen atoms in total. The van der Waals surface area contributed by atoms with E-state index in [1.54, 1.807) is 25.1 Å². The molecule has 1 fully saturated rings. The van der Waals surface area contributed by atoms with Crippen molar-refractivity contribution in [1.82, 2.24) is 19.8 Å². The molecule has 3 aromatic rings. The van der Waals surface area contributed by atoms with Gasteiger partial charge in [-0.05, 0) is 49.4 Å². The van der Waals surface area contributed by atoms with Crippen LogP contribution in [0.4, 0.5) is 0 Å². The minimum atomic E-state index is -0.870. The summed E-state index contributed by atoms with van der Waals surface area (Å²) >= 11 is 0. The van der Waals surface area contributed by atoms with Crippen LogP contribution in [0, 0.1) is 0 Å². The number of hydrogen-bond donors (Lipinski definition) is 2. The Morgan fingerprint density at radius 1 is 0.787 bits per heavy atom. The lowest BCUT2D eigenvalue weighted by Crippen LogP contribution is -2.58. The molecule has 4 rings (SSSR count). The van der Waals surface area contributed by atoms with Crippen LogP contribution in [0.5, 0.6) is 0 Å². The molecular formula is C38H49N5O4. The van der Waals surface area contributed by atoms with E-state index in [2.05, 4.69) is 0 Å². The molecular weight excluding hydrogens is 590 g/mol. The molecule has 3 N–H and O–H groups in total. The molecule has 0 aromatic heterocycles. The van der Waals surface area contributed by atoms with Crippen molar-refractivity contribution in [1.29, 1.82) is 0 Å². The number of hydrogen-bond acceptors (Lipinski definition) is 6. The van der Waals surface area contributed by atoms with Gasteiger partial charge < -0.3 is 25.6 Å². The molecule has 1 aliphatic rings. The Bertz CT molecular complexity index is 1510. The topological polar surface area (TPSA) is 110 Å². The van der Waals surface area contributed by atoms with Crippen molar-refractivity contribution in [3.05, 3.63) is 108 Å². The molecule has 47 heavy (non-hydrogen) atoms. The lowest BCUT2D eigenvalue weighted by molar-refractivity contribution is -0.155. The smallest absolute Gasteiger partial charge is 0.246 e. The first kappa shape index (κ1) is 35.5. The number of nitrogens with zero attached hydrogens (tertiary/aromatic N) is 4. The van der Waals surface area contributed by atoms with Crippen molar-refractivity contribution in [2.75, 3.05) is 40.3 Å². The summed E-state index contributed by atoms with van der Waals surface area (Å²) in [7, 11) is 3.29. The number of likely N-dealkylation sites (N-methyl/N-ethyl adjacent to an activating group) is 2. The number of hydroxylamine groups is 2. The van der Waals surface area contributed by atoms with Crippen LogP contribution in [0.1, 0.15) is 38.3 Å². The molecule has 0 aliphatic carbocycles. The van der Waals surface area contributed by atoms with Crippen LogP contribution in [-0.4, -0.2) is 101 Å². The summed E-state index contributed by atoms with van der Waals surface area (Å²) in [6.45, 7) is 7.08. The molecule has 0 bridgehead atoms. The molecule has 0 spiro atoms. The molecule has 250 valence electrons. The van der Waals surface area contributed by atoms with Crippen LogP contribution >= 0.6 is 0 Å². The van der Waals surface area contributed by atoms with Gasteiger partial charge in [-0.1, -0.05) is 90.5 Å². The quantitative estimate of drug-likeness (QED) is 0.285. The fourth-order valence-electron chi connectivity index (χ4n) is 6.06. The van der Waals surface area contributed by atoms with Gasteiger partial charge in [0.15, 0.2) is 0 Å². The molecule has 3 amide bonds. The Kier molecular flexibility index (Phi) is 12.1. The minimum Gasteiger partial charge on any atom is -0.338 e.